The lowest BCUT2D eigenvalue weighted by Gasteiger charge is -2.16. The van der Waals surface area contributed by atoms with Gasteiger partial charge in [0.05, 0.1) is 6.42 Å². The predicted molar refractivity (Wildman–Crippen MR) is 153 cm³/mol. The third-order valence-electron chi connectivity index (χ3n) is 6.19. The molecule has 0 heterocycles. The number of Topliss-reactive ketones (excluding diaryl/α,β-unsaturated/α-hetero) is 2. The highest BCUT2D eigenvalue weighted by Crippen LogP contribution is 2.19. The Morgan fingerprint density at radius 3 is 1.76 bits per heavy atom. The zero-order chi connectivity index (χ0) is 30.4. The number of amides is 1. The minimum absolute atomic E-state index is 0.0410. The van der Waals surface area contributed by atoms with Crippen molar-refractivity contribution in [3.8, 4) is 0 Å². The van der Waals surface area contributed by atoms with E-state index >= 15 is 0 Å². The predicted octanol–water partition coefficient (Wildman–Crippen LogP) is 4.94. The van der Waals surface area contributed by atoms with Crippen molar-refractivity contribution in [2.45, 2.75) is 65.5 Å². The molecule has 0 atom stereocenters. The number of hydrogen-bond donors (Lipinski definition) is 3. The summed E-state index contributed by atoms with van der Waals surface area (Å²) in [4.78, 5) is 49.6. The van der Waals surface area contributed by atoms with E-state index in [1.165, 1.54) is 27.7 Å². The standard InChI is InChI=1S/C32H35NO8/c1-20-12-13-26(33-30(37)41-19-22-9-7-11-24(15-22)29(36)32(4,5)39)16-25(20)17-27(34)40-18-21-8-6-10-23(14-21)28(35)31(2,3)38/h6-16,38-39H,17-19H2,1-5H3,(H,33,37). The van der Waals surface area contributed by atoms with Gasteiger partial charge >= 0.3 is 12.1 Å². The molecule has 9 nitrogen and oxygen atoms in total. The lowest BCUT2D eigenvalue weighted by atomic mass is 9.96. The highest BCUT2D eigenvalue weighted by molar-refractivity contribution is 6.02. The van der Waals surface area contributed by atoms with Gasteiger partial charge in [0, 0.05) is 16.8 Å². The number of benzene rings is 3. The van der Waals surface area contributed by atoms with Gasteiger partial charge in [0.25, 0.3) is 0 Å². The summed E-state index contributed by atoms with van der Waals surface area (Å²) in [7, 11) is 0. The van der Waals surface area contributed by atoms with Crippen LogP contribution in [0.2, 0.25) is 0 Å². The first-order valence-corrected chi connectivity index (χ1v) is 13.0. The maximum atomic E-state index is 12.6. The van der Waals surface area contributed by atoms with Crippen LogP contribution < -0.4 is 5.32 Å². The van der Waals surface area contributed by atoms with Crippen LogP contribution in [-0.4, -0.2) is 45.0 Å². The number of carbonyl (C=O) groups excluding carboxylic acids is 4. The smallest absolute Gasteiger partial charge is 0.411 e. The molecule has 0 aliphatic heterocycles. The Hall–Kier alpha value is -4.34. The summed E-state index contributed by atoms with van der Waals surface area (Å²) < 4.78 is 10.7. The van der Waals surface area contributed by atoms with E-state index in [9.17, 15) is 29.4 Å². The minimum atomic E-state index is -1.52. The number of ketones is 2. The molecule has 3 aromatic carbocycles. The number of aliphatic hydroxyl groups is 2. The van der Waals surface area contributed by atoms with E-state index < -0.39 is 34.8 Å². The third-order valence-corrected chi connectivity index (χ3v) is 6.19. The topological polar surface area (TPSA) is 139 Å². The molecule has 1 amide bonds. The first kappa shape index (κ1) is 31.2. The maximum Gasteiger partial charge on any atom is 0.411 e. The van der Waals surface area contributed by atoms with E-state index in [0.29, 0.717) is 33.5 Å². The molecule has 0 saturated heterocycles. The quantitative estimate of drug-likeness (QED) is 0.221. The molecule has 0 bridgehead atoms. The molecule has 0 aliphatic carbocycles. The molecule has 3 aromatic rings. The van der Waals surface area contributed by atoms with E-state index in [1.807, 2.05) is 6.92 Å². The van der Waals surface area contributed by atoms with Gasteiger partial charge in [0.1, 0.15) is 24.4 Å². The van der Waals surface area contributed by atoms with Crippen LogP contribution in [0.25, 0.3) is 0 Å². The van der Waals surface area contributed by atoms with Crippen LogP contribution in [0.15, 0.2) is 66.7 Å². The summed E-state index contributed by atoms with van der Waals surface area (Å²) in [6.07, 6.45) is -0.761. The van der Waals surface area contributed by atoms with Gasteiger partial charge in [0.15, 0.2) is 11.6 Å². The number of esters is 1. The zero-order valence-corrected chi connectivity index (χ0v) is 23.8. The van der Waals surface area contributed by atoms with Gasteiger partial charge in [-0.25, -0.2) is 4.79 Å². The van der Waals surface area contributed by atoms with Gasteiger partial charge in [-0.05, 0) is 81.1 Å². The highest BCUT2D eigenvalue weighted by atomic mass is 16.5. The van der Waals surface area contributed by atoms with Crippen molar-refractivity contribution >= 4 is 29.3 Å². The zero-order valence-electron chi connectivity index (χ0n) is 23.8. The minimum Gasteiger partial charge on any atom is -0.461 e. The molecule has 3 N–H and O–H groups in total. The fraction of sp³-hybridized carbons (Fsp3) is 0.312. The van der Waals surface area contributed by atoms with Crippen molar-refractivity contribution in [2.24, 2.45) is 0 Å². The molecule has 41 heavy (non-hydrogen) atoms. The lowest BCUT2D eigenvalue weighted by molar-refractivity contribution is -0.144. The fourth-order valence-corrected chi connectivity index (χ4v) is 3.92. The molecule has 9 heteroatoms. The molecule has 0 spiro atoms. The lowest BCUT2D eigenvalue weighted by Crippen LogP contribution is -2.31. The summed E-state index contributed by atoms with van der Waals surface area (Å²) in [6.45, 7) is 7.33. The molecule has 3 rings (SSSR count). The summed E-state index contributed by atoms with van der Waals surface area (Å²) in [5.41, 5.74) is 0.691. The van der Waals surface area contributed by atoms with Gasteiger partial charge in [0.2, 0.25) is 0 Å². The Morgan fingerprint density at radius 2 is 1.24 bits per heavy atom. The third kappa shape index (κ3) is 9.09. The maximum absolute atomic E-state index is 12.6. The van der Waals surface area contributed by atoms with Crippen LogP contribution in [-0.2, 0) is 33.9 Å². The van der Waals surface area contributed by atoms with Crippen LogP contribution in [0.1, 0.15) is 70.7 Å². The van der Waals surface area contributed by atoms with Gasteiger partial charge in [-0.15, -0.1) is 0 Å². The van der Waals surface area contributed by atoms with Crippen LogP contribution in [0, 0.1) is 6.92 Å². The van der Waals surface area contributed by atoms with Crippen molar-refractivity contribution in [1.82, 2.24) is 0 Å². The molecule has 0 radical (unpaired) electrons. The van der Waals surface area contributed by atoms with Gasteiger partial charge < -0.3 is 19.7 Å². The Labute approximate surface area is 239 Å². The van der Waals surface area contributed by atoms with Crippen molar-refractivity contribution in [1.29, 1.82) is 0 Å². The SMILES string of the molecule is Cc1ccc(NC(=O)OCc2cccc(C(=O)C(C)(C)O)c2)cc1CC(=O)OCc1cccc(C(=O)C(C)(C)O)c1. The Morgan fingerprint density at radius 1 is 0.732 bits per heavy atom. The normalized spacial score (nSPS) is 11.5. The van der Waals surface area contributed by atoms with Gasteiger partial charge in [-0.2, -0.15) is 0 Å². The van der Waals surface area contributed by atoms with Crippen LogP contribution >= 0.6 is 0 Å². The molecule has 0 fully saturated rings. The second kappa shape index (κ2) is 12.9. The number of hydrogen-bond acceptors (Lipinski definition) is 8. The second-order valence-electron chi connectivity index (χ2n) is 10.9. The van der Waals surface area contributed by atoms with Crippen LogP contribution in [0.5, 0.6) is 0 Å². The molecular formula is C32H35NO8. The van der Waals surface area contributed by atoms with Crippen molar-refractivity contribution in [2.75, 3.05) is 5.32 Å². The van der Waals surface area contributed by atoms with E-state index in [0.717, 1.165) is 5.56 Å². The average molecular weight is 562 g/mol. The van der Waals surface area contributed by atoms with E-state index in [4.69, 9.17) is 9.47 Å². The Bertz CT molecular complexity index is 1450. The molecule has 216 valence electrons. The Kier molecular flexibility index (Phi) is 9.80. The number of carbonyl (C=O) groups is 4. The fourth-order valence-electron chi connectivity index (χ4n) is 3.92. The molecular weight excluding hydrogens is 526 g/mol. The highest BCUT2D eigenvalue weighted by Gasteiger charge is 2.26. The van der Waals surface area contributed by atoms with Crippen molar-refractivity contribution < 1.29 is 38.9 Å². The number of rotatable bonds is 11. The van der Waals surface area contributed by atoms with Gasteiger partial charge in [-0.1, -0.05) is 42.5 Å². The van der Waals surface area contributed by atoms with E-state index in [2.05, 4.69) is 5.32 Å². The van der Waals surface area contributed by atoms with Crippen molar-refractivity contribution in [3.63, 3.8) is 0 Å². The Balaban J connectivity index is 1.56. The number of anilines is 1. The molecule has 0 aromatic heterocycles. The van der Waals surface area contributed by atoms with Gasteiger partial charge in [-0.3, -0.25) is 19.7 Å². The molecule has 0 unspecified atom stereocenters. The largest absolute Gasteiger partial charge is 0.461 e. The molecule has 0 saturated carbocycles. The molecule has 0 aliphatic rings. The summed E-state index contributed by atoms with van der Waals surface area (Å²) in [5.74, 6) is -1.37. The second-order valence-corrected chi connectivity index (χ2v) is 10.9. The first-order chi connectivity index (χ1) is 19.1. The van der Waals surface area contributed by atoms with Crippen LogP contribution in [0.4, 0.5) is 10.5 Å². The van der Waals surface area contributed by atoms with Crippen molar-refractivity contribution in [3.05, 3.63) is 100 Å². The number of nitrogens with one attached hydrogen (secondary N) is 1. The summed E-state index contributed by atoms with van der Waals surface area (Å²) in [5, 5.41) is 22.5. The van der Waals surface area contributed by atoms with E-state index in [-0.39, 0.29) is 19.6 Å². The van der Waals surface area contributed by atoms with E-state index in [1.54, 1.807) is 66.7 Å². The number of ether oxygens (including phenoxy) is 2. The summed E-state index contributed by atoms with van der Waals surface area (Å²) >= 11 is 0. The van der Waals surface area contributed by atoms with Crippen LogP contribution in [0.3, 0.4) is 0 Å². The summed E-state index contributed by atoms with van der Waals surface area (Å²) in [6, 6.07) is 18.1. The first-order valence-electron chi connectivity index (χ1n) is 13.0. The monoisotopic (exact) mass is 561 g/mol. The average Bonchev–Trinajstić information content (AvgIpc) is 2.91. The number of aryl methyl sites for hydroxylation is 1.